The van der Waals surface area contributed by atoms with Gasteiger partial charge in [-0.1, -0.05) is 13.8 Å². The predicted octanol–water partition coefficient (Wildman–Crippen LogP) is 0.579. The molecule has 16 heavy (non-hydrogen) atoms. The predicted molar refractivity (Wildman–Crippen MR) is 60.7 cm³/mol. The zero-order valence-corrected chi connectivity index (χ0v) is 10.3. The second kappa shape index (κ2) is 4.07. The Kier molecular flexibility index (Phi) is 2.91. The molecule has 2 rings (SSSR count). The topological polar surface area (TPSA) is 40.6 Å². The molecule has 0 aliphatic carbocycles. The van der Waals surface area contributed by atoms with Crippen LogP contribution in [-0.4, -0.2) is 47.8 Å². The third-order valence-corrected chi connectivity index (χ3v) is 3.56. The lowest BCUT2D eigenvalue weighted by molar-refractivity contribution is -0.132. The van der Waals surface area contributed by atoms with Crippen molar-refractivity contribution in [1.82, 2.24) is 9.80 Å². The normalized spacial score (nSPS) is 29.1. The van der Waals surface area contributed by atoms with Gasteiger partial charge in [-0.3, -0.25) is 9.59 Å². The molecular formula is C12H20N2O2. The summed E-state index contributed by atoms with van der Waals surface area (Å²) in [6, 6.07) is 0. The number of rotatable bonds is 2. The van der Waals surface area contributed by atoms with Crippen molar-refractivity contribution in [2.45, 2.75) is 20.8 Å². The molecule has 2 atom stereocenters. The highest BCUT2D eigenvalue weighted by atomic mass is 16.2. The first-order valence-electron chi connectivity index (χ1n) is 6.03. The Morgan fingerprint density at radius 1 is 1.38 bits per heavy atom. The van der Waals surface area contributed by atoms with E-state index in [-0.39, 0.29) is 17.7 Å². The maximum Gasteiger partial charge on any atom is 0.227 e. The lowest BCUT2D eigenvalue weighted by Crippen LogP contribution is -2.36. The standard InChI is InChI=1S/C12H20N2O2/c1-8(2)4-14-6-10-5-13(9(3)15)7-11(10)12(14)16/h8,10-11H,4-7H2,1-3H3/t10-,11-/m0/s1. The molecule has 0 N–H and O–H groups in total. The summed E-state index contributed by atoms with van der Waals surface area (Å²) >= 11 is 0. The van der Waals surface area contributed by atoms with Crippen molar-refractivity contribution >= 4 is 11.8 Å². The first-order valence-corrected chi connectivity index (χ1v) is 6.03. The summed E-state index contributed by atoms with van der Waals surface area (Å²) in [5, 5.41) is 0. The van der Waals surface area contributed by atoms with Gasteiger partial charge in [0, 0.05) is 39.0 Å². The van der Waals surface area contributed by atoms with Gasteiger partial charge in [-0.05, 0) is 5.92 Å². The van der Waals surface area contributed by atoms with Gasteiger partial charge in [-0.2, -0.15) is 0 Å². The Labute approximate surface area is 96.6 Å². The third kappa shape index (κ3) is 1.93. The van der Waals surface area contributed by atoms with E-state index in [9.17, 15) is 9.59 Å². The van der Waals surface area contributed by atoms with Crippen molar-refractivity contribution in [2.75, 3.05) is 26.2 Å². The number of hydrogen-bond donors (Lipinski definition) is 0. The van der Waals surface area contributed by atoms with Gasteiger partial charge >= 0.3 is 0 Å². The number of amides is 2. The van der Waals surface area contributed by atoms with Crippen LogP contribution in [0.3, 0.4) is 0 Å². The molecule has 2 fully saturated rings. The molecule has 0 unspecified atom stereocenters. The highest BCUT2D eigenvalue weighted by Crippen LogP contribution is 2.32. The molecule has 0 bridgehead atoms. The molecule has 2 aliphatic rings. The van der Waals surface area contributed by atoms with Crippen LogP contribution in [0.5, 0.6) is 0 Å². The summed E-state index contributed by atoms with van der Waals surface area (Å²) in [6.45, 7) is 8.93. The van der Waals surface area contributed by atoms with Gasteiger partial charge in [0.15, 0.2) is 0 Å². The molecule has 2 heterocycles. The number of carbonyl (C=O) groups excluding carboxylic acids is 2. The Morgan fingerprint density at radius 3 is 2.56 bits per heavy atom. The van der Waals surface area contributed by atoms with Crippen molar-refractivity contribution in [1.29, 1.82) is 0 Å². The van der Waals surface area contributed by atoms with E-state index in [1.165, 1.54) is 0 Å². The number of hydrogen-bond acceptors (Lipinski definition) is 2. The number of fused-ring (bicyclic) bond motifs is 1. The monoisotopic (exact) mass is 224 g/mol. The van der Waals surface area contributed by atoms with Crippen LogP contribution < -0.4 is 0 Å². The van der Waals surface area contributed by atoms with Gasteiger partial charge in [0.25, 0.3) is 0 Å². The Balaban J connectivity index is 1.99. The minimum atomic E-state index is 0.0719. The summed E-state index contributed by atoms with van der Waals surface area (Å²) in [5.41, 5.74) is 0. The van der Waals surface area contributed by atoms with Crippen molar-refractivity contribution in [3.63, 3.8) is 0 Å². The smallest absolute Gasteiger partial charge is 0.227 e. The van der Waals surface area contributed by atoms with Gasteiger partial charge in [0.05, 0.1) is 5.92 Å². The van der Waals surface area contributed by atoms with Gasteiger partial charge in [-0.25, -0.2) is 0 Å². The molecule has 4 nitrogen and oxygen atoms in total. The molecular weight excluding hydrogens is 204 g/mol. The maximum absolute atomic E-state index is 12.1. The maximum atomic E-state index is 12.1. The molecule has 4 heteroatoms. The average Bonchev–Trinajstić information content (AvgIpc) is 2.68. The third-order valence-electron chi connectivity index (χ3n) is 3.56. The van der Waals surface area contributed by atoms with Crippen LogP contribution in [-0.2, 0) is 9.59 Å². The highest BCUT2D eigenvalue weighted by Gasteiger charge is 2.46. The summed E-state index contributed by atoms with van der Waals surface area (Å²) in [6.07, 6.45) is 0. The van der Waals surface area contributed by atoms with E-state index in [1.54, 1.807) is 11.8 Å². The first-order chi connectivity index (χ1) is 7.49. The molecule has 2 aliphatic heterocycles. The summed E-state index contributed by atoms with van der Waals surface area (Å²) < 4.78 is 0. The fraction of sp³-hybridized carbons (Fsp3) is 0.833. The van der Waals surface area contributed by atoms with Crippen molar-refractivity contribution in [3.05, 3.63) is 0 Å². The summed E-state index contributed by atoms with van der Waals surface area (Å²) in [7, 11) is 0. The van der Waals surface area contributed by atoms with E-state index in [2.05, 4.69) is 13.8 Å². The zero-order chi connectivity index (χ0) is 11.9. The Bertz CT molecular complexity index is 314. The van der Waals surface area contributed by atoms with Crippen LogP contribution in [0.1, 0.15) is 20.8 Å². The Morgan fingerprint density at radius 2 is 2.06 bits per heavy atom. The fourth-order valence-corrected chi connectivity index (χ4v) is 2.81. The molecule has 0 aromatic heterocycles. The summed E-state index contributed by atoms with van der Waals surface area (Å²) in [5.74, 6) is 1.31. The van der Waals surface area contributed by atoms with Crippen molar-refractivity contribution in [2.24, 2.45) is 17.8 Å². The van der Waals surface area contributed by atoms with Gasteiger partial charge in [-0.15, -0.1) is 0 Å². The lowest BCUT2D eigenvalue weighted by Gasteiger charge is -2.22. The number of carbonyl (C=O) groups is 2. The molecule has 0 spiro atoms. The highest BCUT2D eigenvalue weighted by molar-refractivity contribution is 5.84. The molecule has 2 saturated heterocycles. The van der Waals surface area contributed by atoms with E-state index in [0.717, 1.165) is 19.6 Å². The van der Waals surface area contributed by atoms with Crippen LogP contribution in [0, 0.1) is 17.8 Å². The van der Waals surface area contributed by atoms with Crippen molar-refractivity contribution < 1.29 is 9.59 Å². The van der Waals surface area contributed by atoms with E-state index in [4.69, 9.17) is 0 Å². The van der Waals surface area contributed by atoms with E-state index < -0.39 is 0 Å². The van der Waals surface area contributed by atoms with Crippen molar-refractivity contribution in [3.8, 4) is 0 Å². The minimum Gasteiger partial charge on any atom is -0.342 e. The quantitative estimate of drug-likeness (QED) is 0.688. The first kappa shape index (κ1) is 11.4. The number of nitrogens with zero attached hydrogens (tertiary/aromatic N) is 2. The fourth-order valence-electron chi connectivity index (χ4n) is 2.81. The van der Waals surface area contributed by atoms with Crippen LogP contribution in [0.15, 0.2) is 0 Å². The van der Waals surface area contributed by atoms with E-state index >= 15 is 0 Å². The van der Waals surface area contributed by atoms with Crippen LogP contribution in [0.2, 0.25) is 0 Å². The molecule has 0 radical (unpaired) electrons. The van der Waals surface area contributed by atoms with Gasteiger partial charge in [0.2, 0.25) is 11.8 Å². The molecule has 0 aromatic rings. The number of likely N-dealkylation sites (tertiary alicyclic amines) is 2. The van der Waals surface area contributed by atoms with Crippen LogP contribution >= 0.6 is 0 Å². The summed E-state index contributed by atoms with van der Waals surface area (Å²) in [4.78, 5) is 27.1. The average molecular weight is 224 g/mol. The molecule has 0 saturated carbocycles. The van der Waals surface area contributed by atoms with Gasteiger partial charge in [0.1, 0.15) is 0 Å². The van der Waals surface area contributed by atoms with E-state index in [1.807, 2.05) is 4.90 Å². The second-order valence-corrected chi connectivity index (χ2v) is 5.43. The second-order valence-electron chi connectivity index (χ2n) is 5.43. The van der Waals surface area contributed by atoms with E-state index in [0.29, 0.717) is 18.4 Å². The Hall–Kier alpha value is -1.06. The molecule has 0 aromatic carbocycles. The molecule has 90 valence electrons. The largest absolute Gasteiger partial charge is 0.342 e. The molecule has 2 amide bonds. The van der Waals surface area contributed by atoms with Gasteiger partial charge < -0.3 is 9.80 Å². The zero-order valence-electron chi connectivity index (χ0n) is 10.3. The van der Waals surface area contributed by atoms with Crippen LogP contribution in [0.4, 0.5) is 0 Å². The lowest BCUT2D eigenvalue weighted by atomic mass is 10.0. The minimum absolute atomic E-state index is 0.0719. The SMILES string of the molecule is CC(=O)N1C[C@H]2CN(CC(C)C)C(=O)[C@H]2C1. The van der Waals surface area contributed by atoms with Crippen LogP contribution in [0.25, 0.3) is 0 Å².